The van der Waals surface area contributed by atoms with Gasteiger partial charge in [0.2, 0.25) is 0 Å². The van der Waals surface area contributed by atoms with E-state index in [0.29, 0.717) is 28.9 Å². The highest BCUT2D eigenvalue weighted by molar-refractivity contribution is 5.97. The number of hydrogen-bond donors (Lipinski definition) is 2. The highest BCUT2D eigenvalue weighted by Gasteiger charge is 2.73. The van der Waals surface area contributed by atoms with Crippen molar-refractivity contribution in [2.45, 2.75) is 95.6 Å². The molecule has 46 heavy (non-hydrogen) atoms. The molecule has 0 radical (unpaired) electrons. The Morgan fingerprint density at radius 2 is 1.93 bits per heavy atom. The van der Waals surface area contributed by atoms with Crippen LogP contribution in [0.4, 0.5) is 0 Å². The van der Waals surface area contributed by atoms with Crippen molar-refractivity contribution in [3.63, 3.8) is 0 Å². The predicted molar refractivity (Wildman–Crippen MR) is 174 cm³/mol. The molecule has 2 aliphatic carbocycles. The third kappa shape index (κ3) is 4.24. The fourth-order valence-corrected chi connectivity index (χ4v) is 8.17. The van der Waals surface area contributed by atoms with Crippen LogP contribution in [0.15, 0.2) is 30.3 Å². The molecular weight excluding hydrogens is 582 g/mol. The van der Waals surface area contributed by atoms with E-state index in [2.05, 4.69) is 26.9 Å². The summed E-state index contributed by atoms with van der Waals surface area (Å²) >= 11 is 0. The lowest BCUT2D eigenvalue weighted by atomic mass is 9.96. The number of rotatable bonds is 9. The van der Waals surface area contributed by atoms with Gasteiger partial charge in [-0.15, -0.1) is 0 Å². The molecule has 1 spiro atoms. The summed E-state index contributed by atoms with van der Waals surface area (Å²) < 4.78 is 15.5. The fraction of sp³-hybridized carbons (Fsp3) is 0.543. The number of nitrogens with one attached hydrogen (secondary N) is 1. The number of aromatic nitrogens is 4. The molecule has 2 bridgehead atoms. The number of pyridine rings is 2. The van der Waals surface area contributed by atoms with Crippen LogP contribution in [-0.2, 0) is 16.1 Å². The van der Waals surface area contributed by atoms with Crippen LogP contribution < -0.4 is 15.8 Å². The van der Waals surface area contributed by atoms with Crippen molar-refractivity contribution in [1.82, 2.24) is 29.2 Å². The van der Waals surface area contributed by atoms with Crippen molar-refractivity contribution in [2.24, 2.45) is 17.6 Å². The summed E-state index contributed by atoms with van der Waals surface area (Å²) in [4.78, 5) is 39.1. The lowest BCUT2D eigenvalue weighted by Gasteiger charge is -2.27. The second kappa shape index (κ2) is 10.0. The summed E-state index contributed by atoms with van der Waals surface area (Å²) in [6.45, 7) is 8.31. The first-order chi connectivity index (χ1) is 22.0. The molecule has 4 aromatic rings. The van der Waals surface area contributed by atoms with Gasteiger partial charge in [-0.2, -0.15) is 0 Å². The van der Waals surface area contributed by atoms with Crippen LogP contribution in [0.2, 0.25) is 0 Å². The van der Waals surface area contributed by atoms with Crippen LogP contribution in [0.25, 0.3) is 28.1 Å². The van der Waals surface area contributed by atoms with Gasteiger partial charge in [-0.05, 0) is 95.9 Å². The molecular formula is C35H43N7O4. The second-order valence-electron chi connectivity index (χ2n) is 14.5. The van der Waals surface area contributed by atoms with Gasteiger partial charge >= 0.3 is 0 Å². The van der Waals surface area contributed by atoms with Gasteiger partial charge in [-0.25, -0.2) is 9.97 Å². The summed E-state index contributed by atoms with van der Waals surface area (Å²) in [5.74, 6) is 1.53. The first kappa shape index (κ1) is 29.4. The number of amides is 2. The Labute approximate surface area is 268 Å². The number of nitrogens with zero attached hydrogens (tertiary/aromatic N) is 5. The minimum absolute atomic E-state index is 0.0237. The van der Waals surface area contributed by atoms with E-state index in [1.807, 2.05) is 36.4 Å². The van der Waals surface area contributed by atoms with E-state index < -0.39 is 5.60 Å². The molecule has 2 unspecified atom stereocenters. The molecule has 11 heteroatoms. The monoisotopic (exact) mass is 625 g/mol. The number of carbonyl (C=O) groups is 2. The van der Waals surface area contributed by atoms with E-state index in [0.717, 1.165) is 59.6 Å². The molecule has 11 nitrogen and oxygen atoms in total. The standard InChI is InChI=1S/C35H43N7O4/c1-18(37-33(44)34(3,4)46-6)25-10-9-21-11-26(40(31(21)38-25)17-20-7-8-20)30-19(2)41-28(39-30)12-22(13-29(41)45-5)32(43)42-24-14-23-16-35(23,42)27(36)15-24/h9-13,18,20,23-24,27H,7-8,14-17,36H2,1-6H3,(H,37,44)/t18-,23?,24+,27-,35?/m1/s1. The SMILES string of the molecule is COc1cc(C(=O)N2[C@H]3CC4CC42[C@H](N)C3)cc2nc(-c3cc4ccc([C@@H](C)NC(=O)C(C)(C)OC)nc4n3CC3CC3)c(C)n12. The largest absolute Gasteiger partial charge is 0.482 e. The molecule has 2 amide bonds. The Morgan fingerprint density at radius 3 is 2.61 bits per heavy atom. The maximum absolute atomic E-state index is 14.0. The van der Waals surface area contributed by atoms with Crippen LogP contribution in [0.5, 0.6) is 5.88 Å². The minimum Gasteiger partial charge on any atom is -0.482 e. The number of carbonyl (C=O) groups excluding carboxylic acids is 2. The molecule has 4 fully saturated rings. The Balaban J connectivity index is 1.19. The van der Waals surface area contributed by atoms with E-state index in [1.54, 1.807) is 21.0 Å². The smallest absolute Gasteiger partial charge is 0.254 e. The van der Waals surface area contributed by atoms with Crippen LogP contribution >= 0.6 is 0 Å². The normalized spacial score (nSPS) is 25.7. The zero-order valence-corrected chi connectivity index (χ0v) is 27.5. The summed E-state index contributed by atoms with van der Waals surface area (Å²) in [5.41, 5.74) is 11.1. The Morgan fingerprint density at radius 1 is 1.15 bits per heavy atom. The Bertz CT molecular complexity index is 1920. The quantitative estimate of drug-likeness (QED) is 0.282. The van der Waals surface area contributed by atoms with E-state index >= 15 is 0 Å². The molecule has 242 valence electrons. The number of nitrogens with two attached hydrogens (primary N) is 1. The molecule has 8 rings (SSSR count). The number of ether oxygens (including phenoxy) is 2. The minimum atomic E-state index is -0.940. The number of piperidine rings is 1. The number of aryl methyl sites for hydroxylation is 1. The predicted octanol–water partition coefficient (Wildman–Crippen LogP) is 4.38. The van der Waals surface area contributed by atoms with Crippen LogP contribution in [0, 0.1) is 18.8 Å². The van der Waals surface area contributed by atoms with Crippen LogP contribution in [-0.4, -0.2) is 73.1 Å². The molecule has 2 saturated heterocycles. The lowest BCUT2D eigenvalue weighted by molar-refractivity contribution is -0.140. The Kier molecular flexibility index (Phi) is 6.41. The van der Waals surface area contributed by atoms with E-state index in [-0.39, 0.29) is 35.5 Å². The number of methoxy groups -OCH3 is 2. The molecule has 4 aromatic heterocycles. The Hall–Kier alpha value is -3.96. The first-order valence-corrected chi connectivity index (χ1v) is 16.5. The van der Waals surface area contributed by atoms with Gasteiger partial charge in [0.25, 0.3) is 11.8 Å². The van der Waals surface area contributed by atoms with Gasteiger partial charge in [0.15, 0.2) is 5.88 Å². The molecule has 2 saturated carbocycles. The maximum atomic E-state index is 14.0. The molecule has 5 atom stereocenters. The van der Waals surface area contributed by atoms with Gasteiger partial charge in [-0.3, -0.25) is 14.0 Å². The number of imidazole rings is 1. The third-order valence-electron chi connectivity index (χ3n) is 11.2. The van der Waals surface area contributed by atoms with E-state index in [9.17, 15) is 9.59 Å². The molecule has 2 aliphatic heterocycles. The molecule has 6 heterocycles. The summed E-state index contributed by atoms with van der Waals surface area (Å²) in [6.07, 6.45) is 5.32. The highest BCUT2D eigenvalue weighted by atomic mass is 16.5. The van der Waals surface area contributed by atoms with Crippen molar-refractivity contribution < 1.29 is 19.1 Å². The summed E-state index contributed by atoms with van der Waals surface area (Å²) in [6, 6.07) is 9.90. The number of hydrogen-bond acceptors (Lipinski definition) is 7. The zero-order chi connectivity index (χ0) is 32.3. The topological polar surface area (TPSA) is 129 Å². The molecule has 0 aromatic carbocycles. The van der Waals surface area contributed by atoms with Gasteiger partial charge < -0.3 is 30.0 Å². The first-order valence-electron chi connectivity index (χ1n) is 16.5. The fourth-order valence-electron chi connectivity index (χ4n) is 8.17. The van der Waals surface area contributed by atoms with Crippen molar-refractivity contribution in [3.8, 4) is 17.3 Å². The summed E-state index contributed by atoms with van der Waals surface area (Å²) in [7, 11) is 3.17. The number of fused-ring (bicyclic) bond motifs is 3. The average molecular weight is 626 g/mol. The molecule has 4 aliphatic rings. The van der Waals surface area contributed by atoms with E-state index in [4.69, 9.17) is 25.2 Å². The van der Waals surface area contributed by atoms with Crippen LogP contribution in [0.1, 0.15) is 80.7 Å². The van der Waals surface area contributed by atoms with Gasteiger partial charge in [-0.1, -0.05) is 0 Å². The van der Waals surface area contributed by atoms with E-state index in [1.165, 1.54) is 20.0 Å². The highest BCUT2D eigenvalue weighted by Crippen LogP contribution is 2.65. The third-order valence-corrected chi connectivity index (χ3v) is 11.2. The van der Waals surface area contributed by atoms with Crippen molar-refractivity contribution in [3.05, 3.63) is 47.3 Å². The lowest BCUT2D eigenvalue weighted by Crippen LogP contribution is -2.45. The second-order valence-corrected chi connectivity index (χ2v) is 14.5. The van der Waals surface area contributed by atoms with Gasteiger partial charge in [0.1, 0.15) is 22.6 Å². The van der Waals surface area contributed by atoms with Crippen molar-refractivity contribution in [2.75, 3.05) is 14.2 Å². The van der Waals surface area contributed by atoms with Crippen LogP contribution in [0.3, 0.4) is 0 Å². The van der Waals surface area contributed by atoms with Gasteiger partial charge in [0, 0.05) is 42.8 Å². The maximum Gasteiger partial charge on any atom is 0.254 e. The van der Waals surface area contributed by atoms with Gasteiger partial charge in [0.05, 0.1) is 35.8 Å². The zero-order valence-electron chi connectivity index (χ0n) is 27.5. The molecule has 3 N–H and O–H groups in total. The van der Waals surface area contributed by atoms with Crippen molar-refractivity contribution in [1.29, 1.82) is 0 Å². The summed E-state index contributed by atoms with van der Waals surface area (Å²) in [5, 5.41) is 4.06. The average Bonchev–Trinajstić information content (AvgIpc) is 3.88. The van der Waals surface area contributed by atoms with Crippen molar-refractivity contribution >= 4 is 28.5 Å².